The van der Waals surface area contributed by atoms with Crippen molar-refractivity contribution >= 4 is 17.2 Å². The van der Waals surface area contributed by atoms with Crippen LogP contribution in [0.5, 0.6) is 0 Å². The summed E-state index contributed by atoms with van der Waals surface area (Å²) in [6.07, 6.45) is 6.84. The summed E-state index contributed by atoms with van der Waals surface area (Å²) >= 11 is 1.83. The Kier molecular flexibility index (Phi) is 4.67. The lowest BCUT2D eigenvalue weighted by atomic mass is 9.94. The van der Waals surface area contributed by atoms with Crippen LogP contribution < -0.4 is 0 Å². The summed E-state index contributed by atoms with van der Waals surface area (Å²) in [5, 5.41) is 6.40. The van der Waals surface area contributed by atoms with E-state index in [9.17, 15) is 4.79 Å². The van der Waals surface area contributed by atoms with Crippen molar-refractivity contribution in [2.24, 2.45) is 5.92 Å². The molecule has 0 radical (unpaired) electrons. The minimum absolute atomic E-state index is 0.214. The second-order valence-corrected chi connectivity index (χ2v) is 7.76. The fraction of sp³-hybridized carbons (Fsp3) is 0.556. The summed E-state index contributed by atoms with van der Waals surface area (Å²) in [5.41, 5.74) is 1.36. The van der Waals surface area contributed by atoms with Gasteiger partial charge in [0.25, 0.3) is 0 Å². The Hall–Kier alpha value is -1.66. The van der Waals surface area contributed by atoms with Gasteiger partial charge in [-0.1, -0.05) is 0 Å². The van der Waals surface area contributed by atoms with Gasteiger partial charge in [0.05, 0.1) is 6.54 Å². The average molecular weight is 344 g/mol. The third-order valence-corrected chi connectivity index (χ3v) is 6.28. The monoisotopic (exact) mass is 344 g/mol. The number of thiophene rings is 1. The lowest BCUT2D eigenvalue weighted by Crippen LogP contribution is -2.44. The first-order valence-corrected chi connectivity index (χ1v) is 9.71. The molecule has 6 heteroatoms. The molecular weight excluding hydrogens is 320 g/mol. The molecule has 0 aliphatic carbocycles. The van der Waals surface area contributed by atoms with E-state index < -0.39 is 0 Å². The average Bonchev–Trinajstić information content (AvgIpc) is 3.30. The van der Waals surface area contributed by atoms with Crippen LogP contribution in [0.3, 0.4) is 0 Å². The van der Waals surface area contributed by atoms with Gasteiger partial charge < -0.3 is 9.80 Å². The van der Waals surface area contributed by atoms with Gasteiger partial charge in [-0.15, -0.1) is 11.3 Å². The van der Waals surface area contributed by atoms with Gasteiger partial charge in [0.1, 0.15) is 0 Å². The molecule has 0 atom stereocenters. The molecule has 5 nitrogen and oxygen atoms in total. The Bertz CT molecular complexity index is 673. The molecule has 24 heavy (non-hydrogen) atoms. The maximum atomic E-state index is 12.8. The Morgan fingerprint density at radius 1 is 1.25 bits per heavy atom. The second-order valence-electron chi connectivity index (χ2n) is 6.76. The number of hydrogen-bond donors (Lipinski definition) is 0. The molecule has 1 amide bonds. The number of fused-ring (bicyclic) bond motifs is 1. The zero-order valence-electron chi connectivity index (χ0n) is 13.9. The molecule has 4 heterocycles. The minimum Gasteiger partial charge on any atom is -0.338 e. The molecule has 2 aliphatic heterocycles. The molecule has 0 unspecified atom stereocenters. The number of carbonyl (C=O) groups excluding carboxylic acids is 1. The standard InChI is InChI=1S/C18H24N4OS/c23-18(21-10-4-17-16(14-21)5-13-24-17)15-2-8-20(9-3-15)11-12-22-7-1-6-19-22/h1,5-7,13,15H,2-4,8-12,14H2. The smallest absolute Gasteiger partial charge is 0.226 e. The zero-order valence-corrected chi connectivity index (χ0v) is 14.7. The number of amides is 1. The number of carbonyl (C=O) groups is 1. The largest absolute Gasteiger partial charge is 0.338 e. The van der Waals surface area contributed by atoms with E-state index in [0.29, 0.717) is 5.91 Å². The van der Waals surface area contributed by atoms with Gasteiger partial charge in [-0.3, -0.25) is 9.48 Å². The predicted molar refractivity (Wildman–Crippen MR) is 94.8 cm³/mol. The molecule has 1 saturated heterocycles. The summed E-state index contributed by atoms with van der Waals surface area (Å²) in [5.74, 6) is 0.588. The minimum atomic E-state index is 0.214. The van der Waals surface area contributed by atoms with Gasteiger partial charge in [0.2, 0.25) is 5.91 Å². The van der Waals surface area contributed by atoms with E-state index in [0.717, 1.165) is 58.5 Å². The normalized spacial score (nSPS) is 19.4. The highest BCUT2D eigenvalue weighted by atomic mass is 32.1. The molecule has 2 aromatic heterocycles. The summed E-state index contributed by atoms with van der Waals surface area (Å²) < 4.78 is 1.98. The molecule has 2 aliphatic rings. The molecule has 0 bridgehead atoms. The Morgan fingerprint density at radius 3 is 2.92 bits per heavy atom. The van der Waals surface area contributed by atoms with Crippen LogP contribution in [0.1, 0.15) is 23.3 Å². The van der Waals surface area contributed by atoms with Crippen molar-refractivity contribution in [3.63, 3.8) is 0 Å². The summed E-state index contributed by atoms with van der Waals surface area (Å²) in [6, 6.07) is 4.14. The Labute approximate surface area is 146 Å². The fourth-order valence-electron chi connectivity index (χ4n) is 3.77. The maximum absolute atomic E-state index is 12.8. The van der Waals surface area contributed by atoms with Crippen LogP contribution in [0.25, 0.3) is 0 Å². The van der Waals surface area contributed by atoms with Gasteiger partial charge in [0.15, 0.2) is 0 Å². The van der Waals surface area contributed by atoms with Crippen molar-refractivity contribution in [1.29, 1.82) is 0 Å². The van der Waals surface area contributed by atoms with Crippen LogP contribution in [-0.2, 0) is 24.3 Å². The van der Waals surface area contributed by atoms with E-state index in [1.807, 2.05) is 34.5 Å². The highest BCUT2D eigenvalue weighted by Crippen LogP contribution is 2.27. The van der Waals surface area contributed by atoms with Crippen molar-refractivity contribution < 1.29 is 4.79 Å². The third kappa shape index (κ3) is 3.39. The van der Waals surface area contributed by atoms with Crippen LogP contribution in [0, 0.1) is 5.92 Å². The van der Waals surface area contributed by atoms with E-state index in [1.165, 1.54) is 10.4 Å². The number of likely N-dealkylation sites (tertiary alicyclic amines) is 1. The molecular formula is C18H24N4OS. The van der Waals surface area contributed by atoms with E-state index in [-0.39, 0.29) is 5.92 Å². The molecule has 0 spiro atoms. The Balaban J connectivity index is 1.26. The SMILES string of the molecule is O=C(C1CCN(CCn2cccn2)CC1)N1CCc2sccc2C1. The van der Waals surface area contributed by atoms with Gasteiger partial charge >= 0.3 is 0 Å². The predicted octanol–water partition coefficient (Wildman–Crippen LogP) is 2.24. The fourth-order valence-corrected chi connectivity index (χ4v) is 4.66. The first-order chi connectivity index (χ1) is 11.8. The van der Waals surface area contributed by atoms with E-state index in [1.54, 1.807) is 0 Å². The summed E-state index contributed by atoms with van der Waals surface area (Å²) in [7, 11) is 0. The molecule has 2 aromatic rings. The number of rotatable bonds is 4. The summed E-state index contributed by atoms with van der Waals surface area (Å²) in [4.78, 5) is 18.8. The molecule has 128 valence electrons. The Morgan fingerprint density at radius 2 is 2.12 bits per heavy atom. The molecule has 0 saturated carbocycles. The van der Waals surface area contributed by atoms with E-state index >= 15 is 0 Å². The first kappa shape index (κ1) is 15.8. The van der Waals surface area contributed by atoms with Gasteiger partial charge in [-0.05, 0) is 55.4 Å². The number of piperidine rings is 1. The van der Waals surface area contributed by atoms with Crippen LogP contribution in [-0.4, -0.2) is 51.7 Å². The summed E-state index contributed by atoms with van der Waals surface area (Å²) in [6.45, 7) is 5.71. The lowest BCUT2D eigenvalue weighted by molar-refractivity contribution is -0.138. The zero-order chi connectivity index (χ0) is 16.4. The van der Waals surface area contributed by atoms with Crippen molar-refractivity contribution in [1.82, 2.24) is 19.6 Å². The first-order valence-electron chi connectivity index (χ1n) is 8.83. The molecule has 0 N–H and O–H groups in total. The van der Waals surface area contributed by atoms with Crippen molar-refractivity contribution in [3.8, 4) is 0 Å². The molecule has 4 rings (SSSR count). The van der Waals surface area contributed by atoms with E-state index in [2.05, 4.69) is 26.3 Å². The van der Waals surface area contributed by atoms with Gasteiger partial charge in [0, 0.05) is 42.8 Å². The van der Waals surface area contributed by atoms with Crippen molar-refractivity contribution in [3.05, 3.63) is 40.3 Å². The van der Waals surface area contributed by atoms with Crippen molar-refractivity contribution in [2.45, 2.75) is 32.4 Å². The van der Waals surface area contributed by atoms with Crippen LogP contribution in [0.15, 0.2) is 29.9 Å². The van der Waals surface area contributed by atoms with Crippen LogP contribution in [0.2, 0.25) is 0 Å². The number of nitrogens with zero attached hydrogens (tertiary/aromatic N) is 4. The highest BCUT2D eigenvalue weighted by Gasteiger charge is 2.30. The van der Waals surface area contributed by atoms with Gasteiger partial charge in [-0.2, -0.15) is 5.10 Å². The highest BCUT2D eigenvalue weighted by molar-refractivity contribution is 7.10. The second kappa shape index (κ2) is 7.07. The quantitative estimate of drug-likeness (QED) is 0.854. The van der Waals surface area contributed by atoms with Crippen LogP contribution >= 0.6 is 11.3 Å². The molecule has 0 aromatic carbocycles. The van der Waals surface area contributed by atoms with Crippen molar-refractivity contribution in [2.75, 3.05) is 26.2 Å². The topological polar surface area (TPSA) is 41.4 Å². The molecule has 1 fully saturated rings. The number of hydrogen-bond acceptors (Lipinski definition) is 4. The lowest BCUT2D eigenvalue weighted by Gasteiger charge is -2.35. The van der Waals surface area contributed by atoms with E-state index in [4.69, 9.17) is 0 Å². The third-order valence-electron chi connectivity index (χ3n) is 5.26. The maximum Gasteiger partial charge on any atom is 0.226 e. The van der Waals surface area contributed by atoms with Gasteiger partial charge in [-0.25, -0.2) is 0 Å². The van der Waals surface area contributed by atoms with Crippen LogP contribution in [0.4, 0.5) is 0 Å². The number of aromatic nitrogens is 2.